The zero-order valence-corrected chi connectivity index (χ0v) is 11.9. The van der Waals surface area contributed by atoms with Gasteiger partial charge in [0.25, 0.3) is 5.91 Å². The van der Waals surface area contributed by atoms with Crippen LogP contribution in [0.15, 0.2) is 69.2 Å². The fourth-order valence-electron chi connectivity index (χ4n) is 2.01. The number of hydrogen-bond donors (Lipinski definition) is 2. The predicted octanol–water partition coefficient (Wildman–Crippen LogP) is 0.657. The van der Waals surface area contributed by atoms with E-state index in [0.717, 1.165) is 0 Å². The Balaban J connectivity index is 1.88. The number of nitrogens with two attached hydrogens (primary N) is 1. The van der Waals surface area contributed by atoms with Gasteiger partial charge in [0.2, 0.25) is 0 Å². The van der Waals surface area contributed by atoms with Gasteiger partial charge in [-0.1, -0.05) is 18.2 Å². The number of nitrogens with one attached hydrogen (secondary N) is 2. The van der Waals surface area contributed by atoms with Crippen LogP contribution in [0.2, 0.25) is 0 Å². The molecule has 2 heterocycles. The first-order valence-corrected chi connectivity index (χ1v) is 6.78. The molecule has 0 aliphatic rings. The molecule has 0 spiro atoms. The minimum absolute atomic E-state index is 0.0883. The highest BCUT2D eigenvalue weighted by Gasteiger charge is 2.10. The number of carbonyl (C=O) groups excluding carboxylic acids is 1. The molecule has 7 heteroatoms. The van der Waals surface area contributed by atoms with Crippen LogP contribution in [0.5, 0.6) is 0 Å². The zero-order chi connectivity index (χ0) is 16.2. The molecule has 3 rings (SSSR count). The van der Waals surface area contributed by atoms with E-state index in [2.05, 4.69) is 15.5 Å². The van der Waals surface area contributed by atoms with Gasteiger partial charge in [0.05, 0.1) is 5.56 Å². The maximum absolute atomic E-state index is 11.9. The second-order valence-electron chi connectivity index (χ2n) is 4.71. The smallest absolute Gasteiger partial charge is 0.347 e. The number of amidine groups is 1. The van der Waals surface area contributed by atoms with Crippen LogP contribution in [0, 0.1) is 0 Å². The molecule has 4 N–H and O–H groups in total. The molecule has 0 aliphatic carbocycles. The van der Waals surface area contributed by atoms with Crippen molar-refractivity contribution in [2.75, 3.05) is 0 Å². The average Bonchev–Trinajstić information content (AvgIpc) is 2.59. The van der Waals surface area contributed by atoms with Gasteiger partial charge in [-0.25, -0.2) is 15.2 Å². The van der Waals surface area contributed by atoms with Crippen molar-refractivity contribution in [3.8, 4) is 0 Å². The standard InChI is InChI=1S/C16H12N4O3/c17-14(19-20-15(21)10-5-7-18-8-6-10)12-9-11-3-1-2-4-13(11)23-16(12)22/h1-9H,(H2,17,19)(H,20,21)/p+1. The minimum atomic E-state index is -0.617. The number of benzene rings is 1. The number of nitrogens with zero attached hydrogens (tertiary/aromatic N) is 1. The molecule has 0 saturated carbocycles. The van der Waals surface area contributed by atoms with E-state index in [9.17, 15) is 9.59 Å². The molecule has 3 aromatic rings. The van der Waals surface area contributed by atoms with Gasteiger partial charge in [-0.15, -0.1) is 0 Å². The highest BCUT2D eigenvalue weighted by Crippen LogP contribution is 2.12. The van der Waals surface area contributed by atoms with Crippen LogP contribution in [0.3, 0.4) is 0 Å². The third-order valence-electron chi connectivity index (χ3n) is 3.18. The molecule has 0 unspecified atom stereocenters. The molecule has 0 atom stereocenters. The van der Waals surface area contributed by atoms with E-state index in [1.807, 2.05) is 6.07 Å². The highest BCUT2D eigenvalue weighted by atomic mass is 16.4. The Kier molecular flexibility index (Phi) is 3.84. The van der Waals surface area contributed by atoms with E-state index in [-0.39, 0.29) is 11.4 Å². The summed E-state index contributed by atoms with van der Waals surface area (Å²) in [4.78, 5) is 26.6. The van der Waals surface area contributed by atoms with Crippen molar-refractivity contribution in [1.82, 2.24) is 5.43 Å². The van der Waals surface area contributed by atoms with Crippen LogP contribution in [0.4, 0.5) is 0 Å². The second-order valence-corrected chi connectivity index (χ2v) is 4.71. The van der Waals surface area contributed by atoms with Crippen molar-refractivity contribution < 1.29 is 14.2 Å². The van der Waals surface area contributed by atoms with Crippen molar-refractivity contribution in [3.63, 3.8) is 0 Å². The van der Waals surface area contributed by atoms with Crippen molar-refractivity contribution in [1.29, 1.82) is 0 Å². The lowest BCUT2D eigenvalue weighted by atomic mass is 10.2. The minimum Gasteiger partial charge on any atom is -0.422 e. The molecule has 2 aromatic heterocycles. The summed E-state index contributed by atoms with van der Waals surface area (Å²) >= 11 is 0. The molecular weight excluding hydrogens is 296 g/mol. The van der Waals surface area contributed by atoms with Gasteiger partial charge < -0.3 is 10.2 Å². The maximum atomic E-state index is 11.9. The molecule has 0 bridgehead atoms. The summed E-state index contributed by atoms with van der Waals surface area (Å²) in [5, 5.41) is 4.48. The third kappa shape index (κ3) is 3.08. The average molecular weight is 309 g/mol. The lowest BCUT2D eigenvalue weighted by Crippen LogP contribution is -2.27. The van der Waals surface area contributed by atoms with E-state index < -0.39 is 11.5 Å². The fourth-order valence-corrected chi connectivity index (χ4v) is 2.01. The Morgan fingerprint density at radius 3 is 2.70 bits per heavy atom. The molecule has 1 amide bonds. The predicted molar refractivity (Wildman–Crippen MR) is 83.7 cm³/mol. The Hall–Kier alpha value is -3.48. The van der Waals surface area contributed by atoms with Gasteiger partial charge >= 0.3 is 5.63 Å². The Labute approximate surface area is 130 Å². The SMILES string of the molecule is NC(=NNC(=O)c1cc[nH+]cc1)c1cc2ccccc2oc1=O. The second kappa shape index (κ2) is 6.10. The Morgan fingerprint density at radius 2 is 1.91 bits per heavy atom. The first-order chi connectivity index (χ1) is 11.1. The van der Waals surface area contributed by atoms with Crippen LogP contribution < -0.4 is 21.8 Å². The topological polar surface area (TPSA) is 112 Å². The molecule has 7 nitrogen and oxygen atoms in total. The number of hydrazone groups is 1. The number of aromatic amines is 1. The zero-order valence-electron chi connectivity index (χ0n) is 11.9. The van der Waals surface area contributed by atoms with Gasteiger partial charge in [0, 0.05) is 17.5 Å². The van der Waals surface area contributed by atoms with Crippen LogP contribution in [0.1, 0.15) is 15.9 Å². The number of amides is 1. The van der Waals surface area contributed by atoms with Crippen LogP contribution >= 0.6 is 0 Å². The summed E-state index contributed by atoms with van der Waals surface area (Å²) in [7, 11) is 0. The lowest BCUT2D eigenvalue weighted by Gasteiger charge is -2.03. The molecule has 0 radical (unpaired) electrons. The molecule has 1 aromatic carbocycles. The lowest BCUT2D eigenvalue weighted by molar-refractivity contribution is -0.378. The van der Waals surface area contributed by atoms with Gasteiger partial charge in [-0.2, -0.15) is 5.10 Å². The van der Waals surface area contributed by atoms with Crippen LogP contribution in [-0.2, 0) is 0 Å². The molecule has 114 valence electrons. The quantitative estimate of drug-likeness (QED) is 0.320. The number of hydrogen-bond acceptors (Lipinski definition) is 4. The van der Waals surface area contributed by atoms with Gasteiger partial charge in [0.15, 0.2) is 18.2 Å². The largest absolute Gasteiger partial charge is 0.422 e. The summed E-state index contributed by atoms with van der Waals surface area (Å²) in [5.41, 5.74) is 8.42. The summed E-state index contributed by atoms with van der Waals surface area (Å²) in [6.07, 6.45) is 3.22. The number of H-pyrrole nitrogens is 1. The van der Waals surface area contributed by atoms with E-state index in [4.69, 9.17) is 10.2 Å². The first-order valence-electron chi connectivity index (χ1n) is 6.78. The van der Waals surface area contributed by atoms with E-state index in [1.165, 1.54) is 0 Å². The van der Waals surface area contributed by atoms with Crippen LogP contribution in [0.25, 0.3) is 11.0 Å². The summed E-state index contributed by atoms with van der Waals surface area (Å²) in [6, 6.07) is 11.8. The number of aromatic nitrogens is 1. The van der Waals surface area contributed by atoms with E-state index >= 15 is 0 Å². The summed E-state index contributed by atoms with van der Waals surface area (Å²) in [6.45, 7) is 0. The Bertz CT molecular complexity index is 948. The number of fused-ring (bicyclic) bond motifs is 1. The van der Waals surface area contributed by atoms with Crippen molar-refractivity contribution in [3.05, 3.63) is 76.4 Å². The van der Waals surface area contributed by atoms with Crippen molar-refractivity contribution in [2.45, 2.75) is 0 Å². The molecule has 23 heavy (non-hydrogen) atoms. The molecule has 0 saturated heterocycles. The Morgan fingerprint density at radius 1 is 1.17 bits per heavy atom. The molecule has 0 fully saturated rings. The number of rotatable bonds is 3. The third-order valence-corrected chi connectivity index (χ3v) is 3.18. The number of carbonyl (C=O) groups is 1. The number of para-hydroxylation sites is 1. The maximum Gasteiger partial charge on any atom is 0.347 e. The number of pyridine rings is 1. The normalized spacial score (nSPS) is 11.4. The molecule has 0 aliphatic heterocycles. The van der Waals surface area contributed by atoms with Gasteiger partial charge in [-0.05, 0) is 12.1 Å². The van der Waals surface area contributed by atoms with Gasteiger partial charge in [-0.3, -0.25) is 4.79 Å². The van der Waals surface area contributed by atoms with E-state index in [1.54, 1.807) is 48.8 Å². The van der Waals surface area contributed by atoms with Crippen molar-refractivity contribution >= 4 is 22.7 Å². The highest BCUT2D eigenvalue weighted by molar-refractivity contribution is 6.01. The van der Waals surface area contributed by atoms with Crippen LogP contribution in [-0.4, -0.2) is 11.7 Å². The molecular formula is C16H13N4O3+. The van der Waals surface area contributed by atoms with Crippen molar-refractivity contribution in [2.24, 2.45) is 10.8 Å². The van der Waals surface area contributed by atoms with Gasteiger partial charge in [0.1, 0.15) is 11.1 Å². The fraction of sp³-hybridized carbons (Fsp3) is 0. The monoisotopic (exact) mass is 309 g/mol. The summed E-state index contributed by atoms with van der Waals surface area (Å²) < 4.78 is 5.17. The first kappa shape index (κ1) is 14.5. The summed E-state index contributed by atoms with van der Waals surface area (Å²) in [5.74, 6) is -0.563. The van der Waals surface area contributed by atoms with E-state index in [0.29, 0.717) is 16.5 Å².